The maximum Gasteiger partial charge on any atom is 0.250 e. The van der Waals surface area contributed by atoms with Gasteiger partial charge in [0.15, 0.2) is 5.76 Å². The first-order valence-corrected chi connectivity index (χ1v) is 10.4. The number of allylic oxidation sites excluding steroid dienone is 1. The van der Waals surface area contributed by atoms with Gasteiger partial charge in [-0.2, -0.15) is 5.26 Å². The van der Waals surface area contributed by atoms with Crippen molar-refractivity contribution in [2.75, 3.05) is 19.7 Å². The molecule has 0 fully saturated rings. The van der Waals surface area contributed by atoms with Gasteiger partial charge in [0, 0.05) is 49.6 Å². The fourth-order valence-corrected chi connectivity index (χ4v) is 3.74. The van der Waals surface area contributed by atoms with Crippen LogP contribution in [0.15, 0.2) is 39.9 Å². The molecule has 2 N–H and O–H groups in total. The van der Waals surface area contributed by atoms with Gasteiger partial charge >= 0.3 is 0 Å². The Morgan fingerprint density at radius 1 is 1.45 bits per heavy atom. The van der Waals surface area contributed by atoms with E-state index < -0.39 is 0 Å². The quantitative estimate of drug-likeness (QED) is 0.730. The van der Waals surface area contributed by atoms with Crippen LogP contribution in [0.4, 0.5) is 5.95 Å². The molecule has 1 unspecified atom stereocenters. The molecule has 0 radical (unpaired) electrons. The third kappa shape index (κ3) is 5.05. The first-order valence-electron chi connectivity index (χ1n) is 10.4. The van der Waals surface area contributed by atoms with E-state index in [0.717, 1.165) is 29.9 Å². The Hall–Kier alpha value is -3.35. The number of nitrogens with one attached hydrogen (secondary N) is 1. The number of nitriles is 1. The summed E-state index contributed by atoms with van der Waals surface area (Å²) in [5, 5.41) is 20.9. The smallest absolute Gasteiger partial charge is 0.250 e. The number of aliphatic imine (C=N–C) groups is 1. The minimum Gasteiger partial charge on any atom is -0.459 e. The molecule has 3 heterocycles. The minimum atomic E-state index is -0.162. The van der Waals surface area contributed by atoms with E-state index >= 15 is 0 Å². The molecule has 160 valence electrons. The maximum absolute atomic E-state index is 12.0. The monoisotopic (exact) mass is 420 g/mol. The number of aromatic nitrogens is 2. The molecule has 2 aliphatic rings. The van der Waals surface area contributed by atoms with Crippen molar-refractivity contribution in [2.24, 2.45) is 4.99 Å². The van der Waals surface area contributed by atoms with Crippen LogP contribution in [0, 0.1) is 11.3 Å². The molecule has 2 aromatic rings. The fourth-order valence-electron chi connectivity index (χ4n) is 3.74. The van der Waals surface area contributed by atoms with E-state index in [4.69, 9.17) is 14.8 Å². The van der Waals surface area contributed by atoms with Crippen molar-refractivity contribution in [2.45, 2.75) is 38.3 Å². The maximum atomic E-state index is 12.0. The summed E-state index contributed by atoms with van der Waals surface area (Å²) in [6, 6.07) is 5.83. The van der Waals surface area contributed by atoms with Gasteiger partial charge in [0.25, 0.3) is 0 Å². The topological polar surface area (TPSA) is 128 Å². The number of amides is 1. The van der Waals surface area contributed by atoms with Crippen LogP contribution in [0.25, 0.3) is 11.5 Å². The summed E-state index contributed by atoms with van der Waals surface area (Å²) in [5.41, 5.74) is 2.49. The van der Waals surface area contributed by atoms with E-state index in [1.165, 1.54) is 0 Å². The van der Waals surface area contributed by atoms with Gasteiger partial charge in [-0.3, -0.25) is 4.79 Å². The van der Waals surface area contributed by atoms with E-state index in [2.05, 4.69) is 20.3 Å². The summed E-state index contributed by atoms with van der Waals surface area (Å²) in [7, 11) is 0. The molecular weight excluding hydrogens is 396 g/mol. The van der Waals surface area contributed by atoms with Crippen molar-refractivity contribution in [3.8, 4) is 17.5 Å². The molecule has 0 aromatic carbocycles. The molecule has 1 atom stereocenters. The molecular formula is C22H24N6O3. The van der Waals surface area contributed by atoms with Crippen LogP contribution in [0.1, 0.15) is 30.6 Å². The minimum absolute atomic E-state index is 0.109. The lowest BCUT2D eigenvalue weighted by Gasteiger charge is -2.25. The number of carbonyl (C=O) groups is 1. The Morgan fingerprint density at radius 2 is 2.35 bits per heavy atom. The summed E-state index contributed by atoms with van der Waals surface area (Å²) in [4.78, 5) is 27.0. The lowest BCUT2D eigenvalue weighted by atomic mass is 10.0. The van der Waals surface area contributed by atoms with Crippen LogP contribution >= 0.6 is 0 Å². The molecule has 1 aliphatic carbocycles. The average molecular weight is 420 g/mol. The lowest BCUT2D eigenvalue weighted by molar-refractivity contribution is -0.131. The van der Waals surface area contributed by atoms with Crippen molar-refractivity contribution in [1.29, 1.82) is 5.26 Å². The van der Waals surface area contributed by atoms with E-state index in [-0.39, 0.29) is 25.0 Å². The second-order valence-corrected chi connectivity index (χ2v) is 7.49. The van der Waals surface area contributed by atoms with Gasteiger partial charge in [0.05, 0.1) is 12.7 Å². The zero-order chi connectivity index (χ0) is 21.6. The number of carbonyl (C=O) groups excluding carboxylic acids is 1. The largest absolute Gasteiger partial charge is 0.459 e. The van der Waals surface area contributed by atoms with E-state index in [0.29, 0.717) is 43.5 Å². The van der Waals surface area contributed by atoms with Crippen molar-refractivity contribution in [1.82, 2.24) is 20.2 Å². The Labute approximate surface area is 180 Å². The fraction of sp³-hybridized carbons (Fsp3) is 0.409. The van der Waals surface area contributed by atoms with Crippen LogP contribution < -0.4 is 5.32 Å². The number of hydrogen-bond acceptors (Lipinski definition) is 8. The molecule has 1 amide bonds. The first kappa shape index (κ1) is 20.9. The number of nitrogens with zero attached hydrogens (tertiary/aromatic N) is 5. The number of rotatable bonds is 6. The SMILES string of the molecule is N#CCC(=O)N1CCc2oc(-c3ccnc(N=C4C=CC(NCCO)CC4)n3)cc2C1. The molecule has 0 saturated carbocycles. The number of hydrogen-bond donors (Lipinski definition) is 2. The zero-order valence-corrected chi connectivity index (χ0v) is 17.1. The number of furan rings is 1. The van der Waals surface area contributed by atoms with E-state index in [9.17, 15) is 4.79 Å². The highest BCUT2D eigenvalue weighted by molar-refractivity contribution is 5.97. The van der Waals surface area contributed by atoms with Crippen molar-refractivity contribution < 1.29 is 14.3 Å². The average Bonchev–Trinajstić information content (AvgIpc) is 3.22. The standard InChI is InChI=1S/C22H24N6O3/c23-8-5-21(30)28-11-7-19-15(14-28)13-20(31-19)18-6-9-25-22(27-18)26-17-3-1-16(2-4-17)24-10-12-29/h1,3,6,9,13,16,24,29H,2,4-5,7,10-12,14H2. The van der Waals surface area contributed by atoms with E-state index in [1.807, 2.05) is 24.3 Å². The van der Waals surface area contributed by atoms with Gasteiger partial charge in [-0.15, -0.1) is 0 Å². The lowest BCUT2D eigenvalue weighted by Crippen LogP contribution is -2.35. The van der Waals surface area contributed by atoms with Crippen LogP contribution in [0.5, 0.6) is 0 Å². The Bertz CT molecular complexity index is 1050. The Morgan fingerprint density at radius 3 is 3.13 bits per heavy atom. The second-order valence-electron chi connectivity index (χ2n) is 7.49. The van der Waals surface area contributed by atoms with Gasteiger partial charge in [-0.25, -0.2) is 15.0 Å². The molecule has 4 rings (SSSR count). The molecule has 31 heavy (non-hydrogen) atoms. The highest BCUT2D eigenvalue weighted by Gasteiger charge is 2.24. The molecule has 0 bridgehead atoms. The van der Waals surface area contributed by atoms with Crippen LogP contribution in [0.3, 0.4) is 0 Å². The van der Waals surface area contributed by atoms with Crippen LogP contribution in [-0.4, -0.2) is 57.3 Å². The third-order valence-corrected chi connectivity index (χ3v) is 5.34. The molecule has 9 heteroatoms. The highest BCUT2D eigenvalue weighted by atomic mass is 16.3. The van der Waals surface area contributed by atoms with Crippen LogP contribution in [-0.2, 0) is 17.8 Å². The van der Waals surface area contributed by atoms with Gasteiger partial charge < -0.3 is 19.7 Å². The molecule has 9 nitrogen and oxygen atoms in total. The van der Waals surface area contributed by atoms with Crippen LogP contribution in [0.2, 0.25) is 0 Å². The third-order valence-electron chi connectivity index (χ3n) is 5.34. The van der Waals surface area contributed by atoms with Crippen molar-refractivity contribution in [3.63, 3.8) is 0 Å². The summed E-state index contributed by atoms with van der Waals surface area (Å²) >= 11 is 0. The Kier molecular flexibility index (Phi) is 6.50. The summed E-state index contributed by atoms with van der Waals surface area (Å²) in [5.74, 6) is 1.68. The van der Waals surface area contributed by atoms with Crippen molar-refractivity contribution >= 4 is 17.6 Å². The van der Waals surface area contributed by atoms with E-state index in [1.54, 1.807) is 17.2 Å². The Balaban J connectivity index is 1.48. The number of aliphatic hydroxyl groups excluding tert-OH is 1. The second kappa shape index (κ2) is 9.64. The summed E-state index contributed by atoms with van der Waals surface area (Å²) in [6.07, 6.45) is 7.88. The van der Waals surface area contributed by atoms with Gasteiger partial charge in [-0.1, -0.05) is 6.08 Å². The first-order chi connectivity index (χ1) is 15.2. The molecule has 1 aliphatic heterocycles. The highest BCUT2D eigenvalue weighted by Crippen LogP contribution is 2.29. The normalized spacial score (nSPS) is 19.3. The number of fused-ring (bicyclic) bond motifs is 1. The summed E-state index contributed by atoms with van der Waals surface area (Å²) < 4.78 is 5.99. The van der Waals surface area contributed by atoms with Gasteiger partial charge in [0.1, 0.15) is 17.9 Å². The predicted molar refractivity (Wildman–Crippen MR) is 113 cm³/mol. The number of aliphatic hydroxyl groups is 1. The van der Waals surface area contributed by atoms with Crippen molar-refractivity contribution in [3.05, 3.63) is 41.8 Å². The summed E-state index contributed by atoms with van der Waals surface area (Å²) in [6.45, 7) is 1.68. The molecule has 0 spiro atoms. The predicted octanol–water partition coefficient (Wildman–Crippen LogP) is 1.91. The molecule has 0 saturated heterocycles. The molecule has 2 aromatic heterocycles. The van der Waals surface area contributed by atoms with Gasteiger partial charge in [0.2, 0.25) is 11.9 Å². The van der Waals surface area contributed by atoms with Gasteiger partial charge in [-0.05, 0) is 31.1 Å². The zero-order valence-electron chi connectivity index (χ0n) is 17.1.